The van der Waals surface area contributed by atoms with Crippen LogP contribution in [0.15, 0.2) is 0 Å². The number of aliphatic hydroxyl groups is 3. The lowest BCUT2D eigenvalue weighted by Crippen LogP contribution is -2.60. The molecule has 0 aliphatic carbocycles. The summed E-state index contributed by atoms with van der Waals surface area (Å²) in [5.41, 5.74) is 0. The van der Waals surface area contributed by atoms with Gasteiger partial charge in [-0.1, -0.05) is 13.3 Å². The van der Waals surface area contributed by atoms with Crippen LogP contribution in [0.3, 0.4) is 0 Å². The Morgan fingerprint density at radius 1 is 1.24 bits per heavy atom. The predicted octanol–water partition coefficient (Wildman–Crippen LogP) is -1.30. The molecule has 7 nitrogen and oxygen atoms in total. The first kappa shape index (κ1) is 14.3. The van der Waals surface area contributed by atoms with E-state index in [4.69, 9.17) is 14.6 Å². The van der Waals surface area contributed by atoms with Crippen molar-refractivity contribution < 1.29 is 34.7 Å². The smallest absolute Gasteiger partial charge is 0.335 e. The zero-order valence-corrected chi connectivity index (χ0v) is 9.52. The van der Waals surface area contributed by atoms with Crippen molar-refractivity contribution in [3.8, 4) is 0 Å². The number of carboxylic acid groups (broad SMARTS) is 1. The number of aliphatic hydroxyl groups excluding tert-OH is 3. The molecule has 0 radical (unpaired) electrons. The lowest BCUT2D eigenvalue weighted by Gasteiger charge is -2.38. The van der Waals surface area contributed by atoms with Gasteiger partial charge in [-0.2, -0.15) is 0 Å². The highest BCUT2D eigenvalue weighted by Gasteiger charge is 2.47. The minimum absolute atomic E-state index is 0.285. The first-order valence-electron chi connectivity index (χ1n) is 5.53. The Morgan fingerprint density at radius 2 is 1.88 bits per heavy atom. The van der Waals surface area contributed by atoms with Crippen molar-refractivity contribution >= 4 is 5.97 Å². The standard InChI is InChI=1S/C10H18O7/c1-2-3-4-16-10-7(13)5(11)6(12)8(17-10)9(14)15/h5-8,10-13H,2-4H2,1H3,(H,14,15)/t5-,6-,7+,8-,10-/m0/s1. The van der Waals surface area contributed by atoms with Gasteiger partial charge >= 0.3 is 5.97 Å². The monoisotopic (exact) mass is 250 g/mol. The van der Waals surface area contributed by atoms with Gasteiger partial charge in [0.2, 0.25) is 0 Å². The van der Waals surface area contributed by atoms with Gasteiger partial charge in [0.05, 0.1) is 0 Å². The van der Waals surface area contributed by atoms with E-state index in [1.807, 2.05) is 6.92 Å². The molecule has 1 fully saturated rings. The van der Waals surface area contributed by atoms with Gasteiger partial charge < -0.3 is 29.9 Å². The van der Waals surface area contributed by atoms with Gasteiger partial charge in [-0.3, -0.25) is 0 Å². The molecule has 0 bridgehead atoms. The van der Waals surface area contributed by atoms with Crippen LogP contribution in [0.25, 0.3) is 0 Å². The Kier molecular flexibility index (Phi) is 5.29. The van der Waals surface area contributed by atoms with Gasteiger partial charge in [-0.25, -0.2) is 4.79 Å². The number of ether oxygens (including phenoxy) is 2. The Labute approximate surface area is 98.6 Å². The molecule has 1 saturated heterocycles. The number of carbonyl (C=O) groups is 1. The lowest BCUT2D eigenvalue weighted by atomic mass is 9.99. The van der Waals surface area contributed by atoms with E-state index in [0.29, 0.717) is 0 Å². The summed E-state index contributed by atoms with van der Waals surface area (Å²) in [6.45, 7) is 2.23. The summed E-state index contributed by atoms with van der Waals surface area (Å²) in [7, 11) is 0. The van der Waals surface area contributed by atoms with Crippen molar-refractivity contribution in [2.45, 2.75) is 50.5 Å². The van der Waals surface area contributed by atoms with Crippen LogP contribution in [0.5, 0.6) is 0 Å². The van der Waals surface area contributed by atoms with Gasteiger partial charge in [0.25, 0.3) is 0 Å². The van der Waals surface area contributed by atoms with Crippen LogP contribution in [0.4, 0.5) is 0 Å². The Bertz CT molecular complexity index is 257. The van der Waals surface area contributed by atoms with Crippen LogP contribution in [0.1, 0.15) is 19.8 Å². The molecule has 17 heavy (non-hydrogen) atoms. The highest BCUT2D eigenvalue weighted by Crippen LogP contribution is 2.22. The van der Waals surface area contributed by atoms with Crippen LogP contribution >= 0.6 is 0 Å². The molecule has 0 aromatic carbocycles. The molecule has 0 spiro atoms. The minimum atomic E-state index is -1.67. The predicted molar refractivity (Wildman–Crippen MR) is 55.2 cm³/mol. The van der Waals surface area contributed by atoms with E-state index in [9.17, 15) is 20.1 Å². The molecule has 7 heteroatoms. The number of unbranched alkanes of at least 4 members (excludes halogenated alkanes) is 1. The van der Waals surface area contributed by atoms with Crippen molar-refractivity contribution in [1.82, 2.24) is 0 Å². The minimum Gasteiger partial charge on any atom is -0.479 e. The zero-order valence-electron chi connectivity index (χ0n) is 9.52. The van der Waals surface area contributed by atoms with Gasteiger partial charge in [0.1, 0.15) is 18.3 Å². The van der Waals surface area contributed by atoms with E-state index in [-0.39, 0.29) is 6.61 Å². The van der Waals surface area contributed by atoms with E-state index >= 15 is 0 Å². The van der Waals surface area contributed by atoms with Crippen LogP contribution in [-0.4, -0.2) is 63.7 Å². The van der Waals surface area contributed by atoms with Crippen LogP contribution in [0, 0.1) is 0 Å². The second-order valence-corrected chi connectivity index (χ2v) is 3.96. The van der Waals surface area contributed by atoms with Crippen molar-refractivity contribution in [1.29, 1.82) is 0 Å². The van der Waals surface area contributed by atoms with E-state index in [1.165, 1.54) is 0 Å². The Balaban J connectivity index is 2.61. The van der Waals surface area contributed by atoms with Crippen LogP contribution in [0.2, 0.25) is 0 Å². The summed E-state index contributed by atoms with van der Waals surface area (Å²) in [5.74, 6) is -1.41. The van der Waals surface area contributed by atoms with Gasteiger partial charge in [-0.15, -0.1) is 0 Å². The highest BCUT2D eigenvalue weighted by molar-refractivity contribution is 5.73. The Hall–Kier alpha value is -0.730. The van der Waals surface area contributed by atoms with Crippen LogP contribution in [-0.2, 0) is 14.3 Å². The van der Waals surface area contributed by atoms with Crippen molar-refractivity contribution in [3.63, 3.8) is 0 Å². The summed E-state index contributed by atoms with van der Waals surface area (Å²) in [6, 6.07) is 0. The molecule has 100 valence electrons. The molecule has 4 N–H and O–H groups in total. The molecule has 0 unspecified atom stereocenters. The molecule has 0 saturated carbocycles. The second-order valence-electron chi connectivity index (χ2n) is 3.96. The fourth-order valence-corrected chi connectivity index (χ4v) is 1.53. The maximum absolute atomic E-state index is 10.8. The van der Waals surface area contributed by atoms with Crippen molar-refractivity contribution in [2.24, 2.45) is 0 Å². The largest absolute Gasteiger partial charge is 0.479 e. The molecule has 1 rings (SSSR count). The highest BCUT2D eigenvalue weighted by atomic mass is 16.7. The van der Waals surface area contributed by atoms with E-state index < -0.39 is 36.7 Å². The van der Waals surface area contributed by atoms with E-state index in [0.717, 1.165) is 12.8 Å². The van der Waals surface area contributed by atoms with Gasteiger partial charge in [0.15, 0.2) is 12.4 Å². The zero-order chi connectivity index (χ0) is 13.0. The third-order valence-corrected chi connectivity index (χ3v) is 2.59. The number of hydrogen-bond donors (Lipinski definition) is 4. The normalized spacial score (nSPS) is 38.0. The van der Waals surface area contributed by atoms with Crippen molar-refractivity contribution in [3.05, 3.63) is 0 Å². The molecule has 1 heterocycles. The summed E-state index contributed by atoms with van der Waals surface area (Å²) >= 11 is 0. The summed E-state index contributed by atoms with van der Waals surface area (Å²) < 4.78 is 10.0. The summed E-state index contributed by atoms with van der Waals surface area (Å²) in [4.78, 5) is 10.8. The Morgan fingerprint density at radius 3 is 2.41 bits per heavy atom. The maximum Gasteiger partial charge on any atom is 0.335 e. The second kappa shape index (κ2) is 6.27. The molecule has 0 aromatic heterocycles. The van der Waals surface area contributed by atoms with Gasteiger partial charge in [0, 0.05) is 6.61 Å². The lowest BCUT2D eigenvalue weighted by molar-refractivity contribution is -0.294. The third-order valence-electron chi connectivity index (χ3n) is 2.59. The fourth-order valence-electron chi connectivity index (χ4n) is 1.53. The number of hydrogen-bond acceptors (Lipinski definition) is 6. The number of carboxylic acids is 1. The molecule has 0 aromatic rings. The summed E-state index contributed by atoms with van der Waals surface area (Å²) in [6.07, 6.45) is -5.97. The van der Waals surface area contributed by atoms with E-state index in [1.54, 1.807) is 0 Å². The van der Waals surface area contributed by atoms with E-state index in [2.05, 4.69) is 0 Å². The first-order valence-corrected chi connectivity index (χ1v) is 5.53. The SMILES string of the molecule is CCCCO[C@H]1O[C@H](C(=O)O)[C@@H](O)[C@H](O)[C@H]1O. The average Bonchev–Trinajstić information content (AvgIpc) is 2.29. The quantitative estimate of drug-likeness (QED) is 0.448. The maximum atomic E-state index is 10.8. The third kappa shape index (κ3) is 3.36. The molecular weight excluding hydrogens is 232 g/mol. The molecular formula is C10H18O7. The molecule has 1 aliphatic heterocycles. The number of aliphatic carboxylic acids is 1. The number of rotatable bonds is 5. The van der Waals surface area contributed by atoms with Crippen LogP contribution < -0.4 is 0 Å². The summed E-state index contributed by atoms with van der Waals surface area (Å²) in [5, 5.41) is 37.2. The molecule has 1 aliphatic rings. The topological polar surface area (TPSA) is 116 Å². The molecule has 0 amide bonds. The van der Waals surface area contributed by atoms with Gasteiger partial charge in [-0.05, 0) is 6.42 Å². The molecule has 5 atom stereocenters. The average molecular weight is 250 g/mol. The fraction of sp³-hybridized carbons (Fsp3) is 0.900. The van der Waals surface area contributed by atoms with Crippen molar-refractivity contribution in [2.75, 3.05) is 6.61 Å². The first-order chi connectivity index (χ1) is 7.99.